The summed E-state index contributed by atoms with van der Waals surface area (Å²) >= 11 is 0. The van der Waals surface area contributed by atoms with Crippen molar-refractivity contribution in [3.63, 3.8) is 0 Å². The Morgan fingerprint density at radius 3 is 2.48 bits per heavy atom. The Labute approximate surface area is 127 Å². The molecule has 1 unspecified atom stereocenters. The molecule has 0 amide bonds. The van der Waals surface area contributed by atoms with Gasteiger partial charge in [-0.15, -0.1) is 0 Å². The van der Waals surface area contributed by atoms with E-state index in [1.807, 2.05) is 31.2 Å². The van der Waals surface area contributed by atoms with Crippen molar-refractivity contribution in [2.45, 2.75) is 37.7 Å². The monoisotopic (exact) mass is 312 g/mol. The predicted molar refractivity (Wildman–Crippen MR) is 83.2 cm³/mol. The minimum Gasteiger partial charge on any atom is -0.377 e. The molecule has 1 aromatic rings. The summed E-state index contributed by atoms with van der Waals surface area (Å²) in [6.45, 7) is 3.42. The summed E-state index contributed by atoms with van der Waals surface area (Å²) in [5.41, 5.74) is 6.96. The summed E-state index contributed by atoms with van der Waals surface area (Å²) in [6.07, 6.45) is 1.72. The second-order valence-corrected chi connectivity index (χ2v) is 7.84. The Morgan fingerprint density at radius 2 is 1.90 bits per heavy atom. The number of nitrogens with two attached hydrogens (primary N) is 1. The van der Waals surface area contributed by atoms with E-state index in [2.05, 4.69) is 0 Å². The zero-order chi connectivity index (χ0) is 15.5. The molecule has 0 saturated carbocycles. The molecule has 6 heteroatoms. The molecule has 5 nitrogen and oxygen atoms in total. The van der Waals surface area contributed by atoms with Crippen LogP contribution >= 0.6 is 0 Å². The summed E-state index contributed by atoms with van der Waals surface area (Å²) in [6, 6.07) is 7.42. The number of nitrogens with zero attached hydrogens (tertiary/aromatic N) is 1. The van der Waals surface area contributed by atoms with Gasteiger partial charge in [0.25, 0.3) is 0 Å². The van der Waals surface area contributed by atoms with E-state index in [1.54, 1.807) is 11.4 Å². The third kappa shape index (κ3) is 4.03. The lowest BCUT2D eigenvalue weighted by Crippen LogP contribution is -2.49. The lowest BCUT2D eigenvalue weighted by Gasteiger charge is -2.38. The van der Waals surface area contributed by atoms with Gasteiger partial charge in [-0.05, 0) is 30.9 Å². The van der Waals surface area contributed by atoms with Crippen molar-refractivity contribution < 1.29 is 13.2 Å². The molecule has 0 aromatic heterocycles. The van der Waals surface area contributed by atoms with Crippen molar-refractivity contribution in [3.8, 4) is 0 Å². The van der Waals surface area contributed by atoms with Crippen molar-refractivity contribution >= 4 is 10.0 Å². The molecule has 0 spiro atoms. The second kappa shape index (κ2) is 6.44. The maximum atomic E-state index is 12.6. The third-order valence-corrected chi connectivity index (χ3v) is 5.91. The van der Waals surface area contributed by atoms with E-state index < -0.39 is 10.0 Å². The molecule has 1 saturated heterocycles. The van der Waals surface area contributed by atoms with Crippen molar-refractivity contribution in [2.24, 2.45) is 5.73 Å². The zero-order valence-electron chi connectivity index (χ0n) is 12.7. The van der Waals surface area contributed by atoms with Crippen molar-refractivity contribution in [3.05, 3.63) is 35.4 Å². The molecule has 1 aromatic carbocycles. The molecule has 1 heterocycles. The van der Waals surface area contributed by atoms with E-state index in [1.165, 1.54) is 0 Å². The molecular weight excluding hydrogens is 288 g/mol. The van der Waals surface area contributed by atoms with Gasteiger partial charge in [-0.1, -0.05) is 24.3 Å². The predicted octanol–water partition coefficient (Wildman–Crippen LogP) is 1.48. The molecule has 0 bridgehead atoms. The topological polar surface area (TPSA) is 72.6 Å². The fraction of sp³-hybridized carbons (Fsp3) is 0.600. The maximum absolute atomic E-state index is 12.6. The minimum atomic E-state index is -3.32. The zero-order valence-corrected chi connectivity index (χ0v) is 13.5. The standard InChI is InChI=1S/C15H24N2O3S/c1-15(20-2)8-3-9-17(12-15)21(18,19)11-14-6-4-13(10-16)5-7-14/h4-7H,3,8-12,16H2,1-2H3. The van der Waals surface area contributed by atoms with Gasteiger partial charge in [0.05, 0.1) is 11.4 Å². The largest absolute Gasteiger partial charge is 0.377 e. The Bertz CT molecular complexity index is 571. The van der Waals surface area contributed by atoms with Crippen LogP contribution in [0.1, 0.15) is 30.9 Å². The van der Waals surface area contributed by atoms with Crippen LogP contribution in [0.4, 0.5) is 0 Å². The SMILES string of the molecule is COC1(C)CCCN(S(=O)(=O)Cc2ccc(CN)cc2)C1. The lowest BCUT2D eigenvalue weighted by molar-refractivity contribution is -0.0319. The number of piperidine rings is 1. The smallest absolute Gasteiger partial charge is 0.218 e. The van der Waals surface area contributed by atoms with Gasteiger partial charge in [-0.25, -0.2) is 8.42 Å². The van der Waals surface area contributed by atoms with Crippen molar-refractivity contribution in [2.75, 3.05) is 20.2 Å². The first-order valence-corrected chi connectivity index (χ1v) is 8.80. The van der Waals surface area contributed by atoms with Crippen LogP contribution in [0.3, 0.4) is 0 Å². The Hall–Kier alpha value is -0.950. The highest BCUT2D eigenvalue weighted by Crippen LogP contribution is 2.26. The number of ether oxygens (including phenoxy) is 1. The van der Waals surface area contributed by atoms with E-state index in [9.17, 15) is 8.42 Å². The molecule has 1 fully saturated rings. The summed E-state index contributed by atoms with van der Waals surface area (Å²) in [7, 11) is -1.67. The summed E-state index contributed by atoms with van der Waals surface area (Å²) in [5.74, 6) is 0.0254. The van der Waals surface area contributed by atoms with Gasteiger partial charge in [0.2, 0.25) is 10.0 Å². The Balaban J connectivity index is 2.10. The Kier molecular flexibility index (Phi) is 5.03. The first kappa shape index (κ1) is 16.4. The summed E-state index contributed by atoms with van der Waals surface area (Å²) in [4.78, 5) is 0. The highest BCUT2D eigenvalue weighted by molar-refractivity contribution is 7.88. The number of benzene rings is 1. The molecule has 0 aliphatic carbocycles. The normalized spacial score (nSPS) is 24.1. The van der Waals surface area contributed by atoms with Crippen molar-refractivity contribution in [1.82, 2.24) is 4.31 Å². The molecular formula is C15H24N2O3S. The van der Waals surface area contributed by atoms with E-state index in [0.717, 1.165) is 24.0 Å². The molecule has 1 aliphatic rings. The first-order valence-electron chi connectivity index (χ1n) is 7.19. The van der Waals surface area contributed by atoms with Crippen molar-refractivity contribution in [1.29, 1.82) is 0 Å². The maximum Gasteiger partial charge on any atom is 0.218 e. The first-order chi connectivity index (χ1) is 9.88. The van der Waals surface area contributed by atoms with Gasteiger partial charge in [-0.2, -0.15) is 4.31 Å². The van der Waals surface area contributed by atoms with Crippen LogP contribution in [-0.2, 0) is 27.1 Å². The fourth-order valence-electron chi connectivity index (χ4n) is 2.64. The van der Waals surface area contributed by atoms with Crippen LogP contribution in [0.25, 0.3) is 0 Å². The number of methoxy groups -OCH3 is 1. The summed E-state index contributed by atoms with van der Waals surface area (Å²) < 4.78 is 32.1. The molecule has 1 atom stereocenters. The van der Waals surface area contributed by atoms with Crippen LogP contribution in [0, 0.1) is 0 Å². The highest BCUT2D eigenvalue weighted by atomic mass is 32.2. The Morgan fingerprint density at radius 1 is 1.29 bits per heavy atom. The minimum absolute atomic E-state index is 0.0254. The van der Waals surface area contributed by atoms with E-state index in [4.69, 9.17) is 10.5 Å². The second-order valence-electron chi connectivity index (χ2n) is 5.87. The van der Waals surface area contributed by atoms with Crippen LogP contribution in [-0.4, -0.2) is 38.5 Å². The number of rotatable bonds is 5. The molecule has 118 valence electrons. The van der Waals surface area contributed by atoms with Crippen LogP contribution < -0.4 is 5.73 Å². The van der Waals surface area contributed by atoms with E-state index >= 15 is 0 Å². The van der Waals surface area contributed by atoms with Crippen LogP contribution in [0.2, 0.25) is 0 Å². The van der Waals surface area contributed by atoms with Gasteiger partial charge in [0, 0.05) is 26.7 Å². The van der Waals surface area contributed by atoms with Gasteiger partial charge in [0.15, 0.2) is 0 Å². The average molecular weight is 312 g/mol. The quantitative estimate of drug-likeness (QED) is 0.894. The molecule has 0 radical (unpaired) electrons. The third-order valence-electron chi connectivity index (χ3n) is 4.12. The average Bonchev–Trinajstić information content (AvgIpc) is 2.48. The van der Waals surface area contributed by atoms with Gasteiger partial charge in [-0.3, -0.25) is 0 Å². The van der Waals surface area contributed by atoms with E-state index in [-0.39, 0.29) is 11.4 Å². The van der Waals surface area contributed by atoms with E-state index in [0.29, 0.717) is 19.6 Å². The molecule has 2 rings (SSSR count). The molecule has 2 N–H and O–H groups in total. The van der Waals surface area contributed by atoms with Gasteiger partial charge < -0.3 is 10.5 Å². The molecule has 21 heavy (non-hydrogen) atoms. The number of sulfonamides is 1. The molecule has 1 aliphatic heterocycles. The van der Waals surface area contributed by atoms with Crippen LogP contribution in [0.15, 0.2) is 24.3 Å². The van der Waals surface area contributed by atoms with Gasteiger partial charge in [0.1, 0.15) is 0 Å². The summed E-state index contributed by atoms with van der Waals surface area (Å²) in [5, 5.41) is 0. The highest BCUT2D eigenvalue weighted by Gasteiger charge is 2.36. The number of hydrogen-bond donors (Lipinski definition) is 1. The fourth-order valence-corrected chi connectivity index (χ4v) is 4.31. The van der Waals surface area contributed by atoms with Crippen LogP contribution in [0.5, 0.6) is 0 Å². The number of hydrogen-bond acceptors (Lipinski definition) is 4. The van der Waals surface area contributed by atoms with Gasteiger partial charge >= 0.3 is 0 Å². The lowest BCUT2D eigenvalue weighted by atomic mass is 9.96.